The molecule has 3 aromatic rings. The number of hydrogen-bond acceptors (Lipinski definition) is 6. The van der Waals surface area contributed by atoms with Crippen LogP contribution in [0, 0.1) is 0 Å². The highest BCUT2D eigenvalue weighted by molar-refractivity contribution is 6.06. The molecule has 0 saturated carbocycles. The van der Waals surface area contributed by atoms with Crippen LogP contribution in [0.15, 0.2) is 48.7 Å². The molecule has 0 bridgehead atoms. The standard InChI is InChI=1S/C24H26N4O3/c1-3-20(23(29)27-21-11-7-8-13-25-21)31-24(30)22-16-9-5-6-10-18(16)26-19-12-14-28(4-2)15-17(19)22/h5-11,13,20H,3-4,12,14-15H2,1-2H3,(H,25,27,29). The van der Waals surface area contributed by atoms with Gasteiger partial charge in [-0.05, 0) is 31.2 Å². The molecule has 3 heterocycles. The highest BCUT2D eigenvalue weighted by Gasteiger charge is 2.29. The van der Waals surface area contributed by atoms with Gasteiger partial charge >= 0.3 is 5.97 Å². The maximum Gasteiger partial charge on any atom is 0.340 e. The molecular formula is C24H26N4O3. The summed E-state index contributed by atoms with van der Waals surface area (Å²) in [4.78, 5) is 37.3. The van der Waals surface area contributed by atoms with E-state index < -0.39 is 18.0 Å². The van der Waals surface area contributed by atoms with Crippen LogP contribution in [0.2, 0.25) is 0 Å². The quantitative estimate of drug-likeness (QED) is 0.616. The van der Waals surface area contributed by atoms with Crippen LogP contribution in [-0.2, 0) is 22.5 Å². The first-order chi connectivity index (χ1) is 15.1. The largest absolute Gasteiger partial charge is 0.449 e. The zero-order valence-corrected chi connectivity index (χ0v) is 17.8. The predicted molar refractivity (Wildman–Crippen MR) is 119 cm³/mol. The maximum absolute atomic E-state index is 13.4. The molecule has 0 spiro atoms. The molecule has 2 aromatic heterocycles. The maximum atomic E-state index is 13.4. The number of para-hydroxylation sites is 1. The van der Waals surface area contributed by atoms with Gasteiger partial charge in [0.2, 0.25) is 0 Å². The molecule has 0 saturated heterocycles. The van der Waals surface area contributed by atoms with Crippen LogP contribution in [0.1, 0.15) is 41.9 Å². The number of hydrogen-bond donors (Lipinski definition) is 1. The third-order valence-corrected chi connectivity index (χ3v) is 5.61. The van der Waals surface area contributed by atoms with Crippen LogP contribution < -0.4 is 5.32 Å². The van der Waals surface area contributed by atoms with E-state index in [1.807, 2.05) is 31.2 Å². The number of esters is 1. The lowest BCUT2D eigenvalue weighted by Gasteiger charge is -2.29. The van der Waals surface area contributed by atoms with E-state index in [-0.39, 0.29) is 0 Å². The van der Waals surface area contributed by atoms with E-state index in [1.165, 1.54) is 0 Å². The fourth-order valence-electron chi connectivity index (χ4n) is 3.90. The molecule has 1 unspecified atom stereocenters. The number of anilines is 1. The third-order valence-electron chi connectivity index (χ3n) is 5.61. The first kappa shape index (κ1) is 20.9. The molecule has 4 rings (SSSR count). The van der Waals surface area contributed by atoms with Crippen molar-refractivity contribution in [3.63, 3.8) is 0 Å². The number of fused-ring (bicyclic) bond motifs is 2. The summed E-state index contributed by atoms with van der Waals surface area (Å²) in [5.74, 6) is -0.458. The third kappa shape index (κ3) is 4.41. The minimum Gasteiger partial charge on any atom is -0.449 e. The Labute approximate surface area is 181 Å². The molecule has 0 aliphatic carbocycles. The molecule has 31 heavy (non-hydrogen) atoms. The number of likely N-dealkylation sites (N-methyl/N-ethyl adjacent to an activating group) is 1. The van der Waals surface area contributed by atoms with Crippen LogP contribution in [-0.4, -0.2) is 45.9 Å². The second kappa shape index (κ2) is 9.22. The van der Waals surface area contributed by atoms with Crippen molar-refractivity contribution in [2.45, 2.75) is 39.3 Å². The van der Waals surface area contributed by atoms with Crippen molar-refractivity contribution in [2.24, 2.45) is 0 Å². The minimum atomic E-state index is -0.914. The van der Waals surface area contributed by atoms with E-state index in [0.717, 1.165) is 41.7 Å². The Morgan fingerprint density at radius 3 is 2.71 bits per heavy atom. The lowest BCUT2D eigenvalue weighted by Crippen LogP contribution is -2.35. The summed E-state index contributed by atoms with van der Waals surface area (Å²) in [5.41, 5.74) is 3.12. The van der Waals surface area contributed by atoms with Crippen LogP contribution in [0.3, 0.4) is 0 Å². The zero-order chi connectivity index (χ0) is 21.8. The second-order valence-electron chi connectivity index (χ2n) is 7.55. The Hall–Kier alpha value is -3.32. The van der Waals surface area contributed by atoms with Crippen molar-refractivity contribution in [3.8, 4) is 0 Å². The number of aromatic nitrogens is 2. The lowest BCUT2D eigenvalue weighted by molar-refractivity contribution is -0.124. The van der Waals surface area contributed by atoms with E-state index in [1.54, 1.807) is 24.4 Å². The number of nitrogens with zero attached hydrogens (tertiary/aromatic N) is 3. The topological polar surface area (TPSA) is 84.4 Å². The Morgan fingerprint density at radius 1 is 1.16 bits per heavy atom. The molecule has 0 fully saturated rings. The number of amides is 1. The smallest absolute Gasteiger partial charge is 0.340 e. The number of pyridine rings is 2. The number of nitrogens with one attached hydrogen (secondary N) is 1. The minimum absolute atomic E-state index is 0.358. The van der Waals surface area contributed by atoms with Gasteiger partial charge < -0.3 is 10.1 Å². The van der Waals surface area contributed by atoms with Crippen molar-refractivity contribution in [3.05, 3.63) is 65.5 Å². The van der Waals surface area contributed by atoms with Gasteiger partial charge in [-0.25, -0.2) is 9.78 Å². The van der Waals surface area contributed by atoms with Gasteiger partial charge in [0.25, 0.3) is 5.91 Å². The molecule has 1 N–H and O–H groups in total. The van der Waals surface area contributed by atoms with Crippen molar-refractivity contribution >= 4 is 28.6 Å². The Morgan fingerprint density at radius 2 is 1.97 bits per heavy atom. The number of ether oxygens (including phenoxy) is 1. The summed E-state index contributed by atoms with van der Waals surface area (Å²) in [6.07, 6.45) is 1.82. The first-order valence-electron chi connectivity index (χ1n) is 10.7. The van der Waals surface area contributed by atoms with Crippen LogP contribution >= 0.6 is 0 Å². The molecule has 0 radical (unpaired) electrons. The summed E-state index contributed by atoms with van der Waals surface area (Å²) in [6, 6.07) is 12.8. The van der Waals surface area contributed by atoms with Gasteiger partial charge in [0.05, 0.1) is 11.1 Å². The molecular weight excluding hydrogens is 392 g/mol. The highest BCUT2D eigenvalue weighted by Crippen LogP contribution is 2.29. The van der Waals surface area contributed by atoms with Gasteiger partial charge in [0.1, 0.15) is 5.82 Å². The lowest BCUT2D eigenvalue weighted by atomic mass is 9.95. The number of carbonyl (C=O) groups excluding carboxylic acids is 2. The van der Waals surface area contributed by atoms with E-state index in [4.69, 9.17) is 9.72 Å². The van der Waals surface area contributed by atoms with Crippen molar-refractivity contribution in [1.29, 1.82) is 0 Å². The molecule has 1 aliphatic heterocycles. The predicted octanol–water partition coefficient (Wildman–Crippen LogP) is 3.58. The van der Waals surface area contributed by atoms with Crippen LogP contribution in [0.5, 0.6) is 0 Å². The van der Waals surface area contributed by atoms with Crippen LogP contribution in [0.25, 0.3) is 10.9 Å². The summed E-state index contributed by atoms with van der Waals surface area (Å²) in [6.45, 7) is 6.37. The fraction of sp³-hybridized carbons (Fsp3) is 0.333. The van der Waals surface area contributed by atoms with Gasteiger partial charge in [-0.1, -0.05) is 38.1 Å². The first-order valence-corrected chi connectivity index (χ1v) is 10.7. The van der Waals surface area contributed by atoms with Gasteiger partial charge in [-0.15, -0.1) is 0 Å². The number of rotatable bonds is 6. The molecule has 1 aliphatic rings. The number of carbonyl (C=O) groups is 2. The Kier molecular flexibility index (Phi) is 6.23. The van der Waals surface area contributed by atoms with E-state index >= 15 is 0 Å². The fourth-order valence-corrected chi connectivity index (χ4v) is 3.90. The summed E-state index contributed by atoms with van der Waals surface area (Å²) in [5, 5.41) is 3.47. The second-order valence-corrected chi connectivity index (χ2v) is 7.55. The van der Waals surface area contributed by atoms with Gasteiger partial charge in [-0.3, -0.25) is 14.7 Å². The monoisotopic (exact) mass is 418 g/mol. The van der Waals surface area contributed by atoms with Crippen molar-refractivity contribution < 1.29 is 14.3 Å². The molecule has 7 nitrogen and oxygen atoms in total. The average Bonchev–Trinajstić information content (AvgIpc) is 2.81. The Balaban J connectivity index is 1.65. The van der Waals surface area contributed by atoms with E-state index in [9.17, 15) is 9.59 Å². The summed E-state index contributed by atoms with van der Waals surface area (Å²) < 4.78 is 5.74. The van der Waals surface area contributed by atoms with E-state index in [2.05, 4.69) is 22.1 Å². The molecule has 1 aromatic carbocycles. The average molecular weight is 418 g/mol. The molecule has 160 valence electrons. The van der Waals surface area contributed by atoms with Gasteiger partial charge in [-0.2, -0.15) is 0 Å². The molecule has 7 heteroatoms. The van der Waals surface area contributed by atoms with Crippen molar-refractivity contribution in [1.82, 2.24) is 14.9 Å². The molecule has 1 atom stereocenters. The number of benzene rings is 1. The SMILES string of the molecule is CCC(OC(=O)c1c2c(nc3ccccc13)CCN(CC)C2)C(=O)Nc1ccccn1. The van der Waals surface area contributed by atoms with Crippen LogP contribution in [0.4, 0.5) is 5.82 Å². The highest BCUT2D eigenvalue weighted by atomic mass is 16.5. The van der Waals surface area contributed by atoms with Gasteiger partial charge in [0, 0.05) is 42.4 Å². The summed E-state index contributed by atoms with van der Waals surface area (Å²) >= 11 is 0. The Bertz CT molecular complexity index is 1100. The summed E-state index contributed by atoms with van der Waals surface area (Å²) in [7, 11) is 0. The van der Waals surface area contributed by atoms with E-state index in [0.29, 0.717) is 24.3 Å². The normalized spacial score (nSPS) is 14.6. The van der Waals surface area contributed by atoms with Gasteiger partial charge in [0.15, 0.2) is 6.10 Å². The van der Waals surface area contributed by atoms with Crippen molar-refractivity contribution in [2.75, 3.05) is 18.4 Å². The zero-order valence-electron chi connectivity index (χ0n) is 17.8. The molecule has 1 amide bonds.